The van der Waals surface area contributed by atoms with Crippen LogP contribution < -0.4 is 11.1 Å². The van der Waals surface area contributed by atoms with E-state index in [0.717, 1.165) is 93.9 Å². The Morgan fingerprint density at radius 3 is 2.47 bits per heavy atom. The van der Waals surface area contributed by atoms with E-state index in [9.17, 15) is 15.3 Å². The van der Waals surface area contributed by atoms with E-state index in [1.54, 1.807) is 6.07 Å². The van der Waals surface area contributed by atoms with Crippen LogP contribution in [-0.2, 0) is 19.7 Å². The third-order valence-corrected chi connectivity index (χ3v) is 20.0. The standard InChI is InChI=1S/C54H74N2O6/c1-32(25-41(58)46-52(6,62-46)38-18-11-17-37(38)33-13-9-15-35(55)26-33)44-39-19-20-43-50(4)30-53(34-14-10-16-36(57)27-34)23-12-24-54(39,29-42(44)59)51(43,5)28-40-45(50)49(3,47(53)60)22-8-7-21-48(2,61)31-56-40/h9-10,13-16,26-27,32,37-38,40-41,43,45-46,56-58,61H,7-8,11-12,17-25,28-31,55H2,1-6H3. The monoisotopic (exact) mass is 847 g/mol. The maximum Gasteiger partial charge on any atom is 0.160 e. The Morgan fingerprint density at radius 1 is 0.919 bits per heavy atom. The van der Waals surface area contributed by atoms with Crippen molar-refractivity contribution >= 4 is 17.3 Å². The molecular formula is C54H74N2O6. The first-order valence-corrected chi connectivity index (χ1v) is 24.6. The van der Waals surface area contributed by atoms with Crippen molar-refractivity contribution in [1.29, 1.82) is 0 Å². The number of hydrogen-bond acceptors (Lipinski definition) is 8. The summed E-state index contributed by atoms with van der Waals surface area (Å²) in [6.07, 6.45) is 12.4. The van der Waals surface area contributed by atoms with Gasteiger partial charge in [-0.25, -0.2) is 0 Å². The second kappa shape index (κ2) is 14.5. The molecule has 2 aliphatic heterocycles. The van der Waals surface area contributed by atoms with Gasteiger partial charge in [-0.1, -0.05) is 83.2 Å². The van der Waals surface area contributed by atoms with Gasteiger partial charge in [-0.3, -0.25) is 9.59 Å². The van der Waals surface area contributed by atoms with E-state index in [1.807, 2.05) is 31.2 Å². The predicted molar refractivity (Wildman–Crippen MR) is 242 cm³/mol. The highest BCUT2D eigenvalue weighted by Gasteiger charge is 2.75. The highest BCUT2D eigenvalue weighted by molar-refractivity contribution is 6.01. The average Bonchev–Trinajstić information content (AvgIpc) is 3.51. The number of carbonyl (C=O) groups excluding carboxylic acids is 2. The van der Waals surface area contributed by atoms with Gasteiger partial charge in [-0.2, -0.15) is 0 Å². The average molecular weight is 847 g/mol. The topological polar surface area (TPSA) is 145 Å². The number of aromatic hydroxyl groups is 1. The van der Waals surface area contributed by atoms with Gasteiger partial charge in [0.15, 0.2) is 5.78 Å². The SMILES string of the molecule is CC(CC(O)C1OC1(C)C1CCCC1c1cccc(N)c1)C1=C2CCC3C4(C)CC5(c6cccc(O)c6)CCCC2(CC1=O)C3(C)CC1NCC(C)(O)CCCCC(C)(C5=O)C14. The molecule has 10 rings (SSSR count). The van der Waals surface area contributed by atoms with Crippen LogP contribution in [0.5, 0.6) is 5.75 Å². The molecular weight excluding hydrogens is 773 g/mol. The van der Waals surface area contributed by atoms with Gasteiger partial charge in [-0.15, -0.1) is 0 Å². The minimum Gasteiger partial charge on any atom is -0.508 e. The molecule has 8 heteroatoms. The molecule has 6 N–H and O–H groups in total. The minimum absolute atomic E-state index is 0.00823. The number of anilines is 1. The van der Waals surface area contributed by atoms with Crippen LogP contribution in [-0.4, -0.2) is 62.9 Å². The molecule has 62 heavy (non-hydrogen) atoms. The van der Waals surface area contributed by atoms with Crippen LogP contribution in [0.2, 0.25) is 0 Å². The summed E-state index contributed by atoms with van der Waals surface area (Å²) in [4.78, 5) is 30.9. The third kappa shape index (κ3) is 6.10. The molecule has 5 bridgehead atoms. The van der Waals surface area contributed by atoms with E-state index in [4.69, 9.17) is 10.5 Å². The van der Waals surface area contributed by atoms with Crippen molar-refractivity contribution in [3.05, 3.63) is 70.8 Å². The van der Waals surface area contributed by atoms with Gasteiger partial charge < -0.3 is 31.1 Å². The van der Waals surface area contributed by atoms with Gasteiger partial charge in [-0.05, 0) is 166 Å². The maximum atomic E-state index is 15.9. The molecule has 15 unspecified atom stereocenters. The number of hydrogen-bond donors (Lipinski definition) is 5. The molecule has 7 fully saturated rings. The van der Waals surface area contributed by atoms with Crippen molar-refractivity contribution in [1.82, 2.24) is 5.32 Å². The maximum absolute atomic E-state index is 15.9. The number of aliphatic hydroxyl groups is 2. The van der Waals surface area contributed by atoms with Crippen LogP contribution in [0.3, 0.4) is 0 Å². The lowest BCUT2D eigenvalue weighted by Crippen LogP contribution is -2.72. The van der Waals surface area contributed by atoms with E-state index in [1.165, 1.54) is 11.1 Å². The summed E-state index contributed by atoms with van der Waals surface area (Å²) in [6.45, 7) is 14.1. The molecule has 2 aromatic carbocycles. The fraction of sp³-hybridized carbons (Fsp3) is 0.704. The number of epoxide rings is 1. The number of β-amino-alcohol motifs (C(OH)–C–C–N with tert-alkyl or cyclic N) is 1. The van der Waals surface area contributed by atoms with Gasteiger partial charge in [0.2, 0.25) is 0 Å². The second-order valence-electron chi connectivity index (χ2n) is 23.6. The summed E-state index contributed by atoms with van der Waals surface area (Å²) >= 11 is 0. The minimum atomic E-state index is -0.850. The molecule has 5 saturated carbocycles. The number of nitrogens with two attached hydrogens (primary N) is 1. The number of phenolic OH excluding ortho intramolecular Hbond substituents is 1. The molecule has 1 spiro atoms. The number of ketones is 2. The van der Waals surface area contributed by atoms with Crippen LogP contribution in [0.15, 0.2) is 59.7 Å². The number of nitrogens with one attached hydrogen (secondary N) is 1. The lowest BCUT2D eigenvalue weighted by atomic mass is 9.32. The van der Waals surface area contributed by atoms with E-state index in [0.29, 0.717) is 49.8 Å². The van der Waals surface area contributed by atoms with Crippen molar-refractivity contribution in [2.24, 2.45) is 45.3 Å². The number of nitrogen functional groups attached to an aromatic ring is 1. The molecule has 0 radical (unpaired) electrons. The molecule has 336 valence electrons. The highest BCUT2D eigenvalue weighted by Crippen LogP contribution is 2.78. The Balaban J connectivity index is 1.02. The smallest absolute Gasteiger partial charge is 0.160 e. The zero-order valence-corrected chi connectivity index (χ0v) is 38.4. The Morgan fingerprint density at radius 2 is 1.69 bits per heavy atom. The summed E-state index contributed by atoms with van der Waals surface area (Å²) in [7, 11) is 0. The van der Waals surface area contributed by atoms with Crippen LogP contribution in [0, 0.1) is 45.3 Å². The Labute approximate surface area is 370 Å². The van der Waals surface area contributed by atoms with Crippen molar-refractivity contribution in [2.45, 2.75) is 185 Å². The largest absolute Gasteiger partial charge is 0.508 e. The number of rotatable bonds is 7. The molecule has 2 saturated heterocycles. The molecule has 6 aliphatic carbocycles. The summed E-state index contributed by atoms with van der Waals surface area (Å²) in [5.74, 6) is 1.67. The van der Waals surface area contributed by atoms with Gasteiger partial charge in [0.05, 0.1) is 22.7 Å². The number of benzene rings is 2. The van der Waals surface area contributed by atoms with Crippen molar-refractivity contribution in [2.75, 3.05) is 12.3 Å². The molecule has 2 aromatic rings. The number of fused-ring (bicyclic) bond motifs is 1. The molecule has 0 amide bonds. The lowest BCUT2D eigenvalue weighted by molar-refractivity contribution is -0.206. The Bertz CT molecular complexity index is 2180. The second-order valence-corrected chi connectivity index (χ2v) is 23.6. The van der Waals surface area contributed by atoms with Gasteiger partial charge in [0.1, 0.15) is 17.6 Å². The normalized spacial score (nSPS) is 46.1. The zero-order chi connectivity index (χ0) is 43.8. The predicted octanol–water partition coefficient (Wildman–Crippen LogP) is 9.49. The molecule has 2 heterocycles. The van der Waals surface area contributed by atoms with Crippen molar-refractivity contribution < 1.29 is 29.6 Å². The van der Waals surface area contributed by atoms with Crippen LogP contribution >= 0.6 is 0 Å². The molecule has 8 nitrogen and oxygen atoms in total. The summed E-state index contributed by atoms with van der Waals surface area (Å²) < 4.78 is 6.55. The highest BCUT2D eigenvalue weighted by atomic mass is 16.6. The Kier molecular flexibility index (Phi) is 10.0. The molecule has 15 atom stereocenters. The number of aliphatic hydroxyl groups excluding tert-OH is 1. The molecule has 0 aromatic heterocycles. The fourth-order valence-electron chi connectivity index (χ4n) is 17.7. The van der Waals surface area contributed by atoms with Crippen molar-refractivity contribution in [3.63, 3.8) is 0 Å². The molecule has 8 aliphatic rings. The number of ether oxygens (including phenoxy) is 1. The van der Waals surface area contributed by atoms with Gasteiger partial charge >= 0.3 is 0 Å². The van der Waals surface area contributed by atoms with E-state index < -0.39 is 28.1 Å². The number of carbonyl (C=O) groups is 2. The van der Waals surface area contributed by atoms with E-state index in [-0.39, 0.29) is 57.7 Å². The summed E-state index contributed by atoms with van der Waals surface area (Å²) in [5, 5.41) is 38.7. The lowest BCUT2D eigenvalue weighted by Gasteiger charge is -2.72. The van der Waals surface area contributed by atoms with Crippen LogP contribution in [0.1, 0.15) is 161 Å². The van der Waals surface area contributed by atoms with Gasteiger partial charge in [0.25, 0.3) is 0 Å². The van der Waals surface area contributed by atoms with Gasteiger partial charge in [0, 0.05) is 35.5 Å². The van der Waals surface area contributed by atoms with E-state index >= 15 is 9.59 Å². The van der Waals surface area contributed by atoms with Crippen molar-refractivity contribution in [3.8, 4) is 5.75 Å². The van der Waals surface area contributed by atoms with E-state index in [2.05, 4.69) is 58.1 Å². The first kappa shape index (κ1) is 42.9. The number of allylic oxidation sites excluding steroid dienone is 2. The number of Topliss-reactive ketones (excluding diaryl/α,β-unsaturated/α-hetero) is 2. The first-order valence-electron chi connectivity index (χ1n) is 24.6. The summed E-state index contributed by atoms with van der Waals surface area (Å²) in [6, 6.07) is 15.9. The Hall–Kier alpha value is -3.04. The van der Waals surface area contributed by atoms with Crippen LogP contribution in [0.4, 0.5) is 5.69 Å². The first-order chi connectivity index (χ1) is 29.3. The zero-order valence-electron chi connectivity index (χ0n) is 38.4. The quantitative estimate of drug-likeness (QED) is 0.137. The fourth-order valence-corrected chi connectivity index (χ4v) is 17.7. The number of phenols is 1. The third-order valence-electron chi connectivity index (χ3n) is 20.0. The van der Waals surface area contributed by atoms with Crippen LogP contribution in [0.25, 0.3) is 0 Å². The summed E-state index contributed by atoms with van der Waals surface area (Å²) in [5.41, 5.74) is 8.06.